The first-order valence-corrected chi connectivity index (χ1v) is 5.18. The lowest BCUT2D eigenvalue weighted by atomic mass is 10.1. The summed E-state index contributed by atoms with van der Waals surface area (Å²) in [7, 11) is 0. The maximum absolute atomic E-state index is 11.5. The Morgan fingerprint density at radius 2 is 2.13 bits per heavy atom. The van der Waals surface area contributed by atoms with Crippen molar-refractivity contribution in [3.8, 4) is 0 Å². The van der Waals surface area contributed by atoms with E-state index in [0.29, 0.717) is 12.4 Å². The van der Waals surface area contributed by atoms with E-state index in [4.69, 9.17) is 4.74 Å². The topological polar surface area (TPSA) is 57.0 Å². The summed E-state index contributed by atoms with van der Waals surface area (Å²) >= 11 is 0. The van der Waals surface area contributed by atoms with E-state index in [-0.39, 0.29) is 11.9 Å². The van der Waals surface area contributed by atoms with Crippen LogP contribution in [-0.2, 0) is 16.1 Å². The third kappa shape index (κ3) is 2.34. The summed E-state index contributed by atoms with van der Waals surface area (Å²) in [6.07, 6.45) is 0. The molecule has 0 amide bonds. The van der Waals surface area contributed by atoms with Gasteiger partial charge in [-0.05, 0) is 27.7 Å². The zero-order chi connectivity index (χ0) is 11.4. The van der Waals surface area contributed by atoms with Gasteiger partial charge in [-0.3, -0.25) is 4.79 Å². The number of hydrogen-bond acceptors (Lipinski definition) is 4. The van der Waals surface area contributed by atoms with Gasteiger partial charge in [0.2, 0.25) is 0 Å². The van der Waals surface area contributed by atoms with Crippen LogP contribution in [0.1, 0.15) is 38.3 Å². The van der Waals surface area contributed by atoms with Crippen molar-refractivity contribution >= 4 is 5.97 Å². The third-order valence-electron chi connectivity index (χ3n) is 2.31. The molecule has 1 atom stereocenters. The molecule has 0 aliphatic rings. The lowest BCUT2D eigenvalue weighted by Gasteiger charge is -2.11. The first-order chi connectivity index (χ1) is 7.11. The molecule has 5 heteroatoms. The van der Waals surface area contributed by atoms with Gasteiger partial charge in [0, 0.05) is 6.54 Å². The number of ether oxygens (including phenoxy) is 1. The highest BCUT2D eigenvalue weighted by Gasteiger charge is 2.22. The fourth-order valence-electron chi connectivity index (χ4n) is 1.48. The zero-order valence-electron chi connectivity index (χ0n) is 9.65. The molecule has 1 aromatic heterocycles. The predicted molar refractivity (Wildman–Crippen MR) is 55.5 cm³/mol. The average Bonchev–Trinajstić information content (AvgIpc) is 2.58. The van der Waals surface area contributed by atoms with Crippen molar-refractivity contribution in [3.63, 3.8) is 0 Å². The molecule has 15 heavy (non-hydrogen) atoms. The molecule has 0 spiro atoms. The van der Waals surface area contributed by atoms with Crippen molar-refractivity contribution in [1.82, 2.24) is 14.8 Å². The molecule has 0 bridgehead atoms. The second kappa shape index (κ2) is 4.91. The van der Waals surface area contributed by atoms with Crippen LogP contribution in [0.15, 0.2) is 0 Å². The highest BCUT2D eigenvalue weighted by Crippen LogP contribution is 2.15. The first kappa shape index (κ1) is 11.7. The first-order valence-electron chi connectivity index (χ1n) is 5.18. The number of aromatic nitrogens is 3. The Labute approximate surface area is 89.5 Å². The van der Waals surface area contributed by atoms with E-state index < -0.39 is 0 Å². The summed E-state index contributed by atoms with van der Waals surface area (Å²) in [6, 6.07) is 0. The number of esters is 1. The third-order valence-corrected chi connectivity index (χ3v) is 2.31. The Morgan fingerprint density at radius 3 is 2.67 bits per heavy atom. The van der Waals surface area contributed by atoms with Gasteiger partial charge in [0.05, 0.1) is 6.61 Å². The summed E-state index contributed by atoms with van der Waals surface area (Å²) in [5.74, 6) is 0.891. The molecule has 1 rings (SSSR count). The maximum atomic E-state index is 11.5. The molecule has 1 heterocycles. The number of carbonyl (C=O) groups is 1. The molecule has 0 radical (unpaired) electrons. The minimum atomic E-state index is -0.355. The van der Waals surface area contributed by atoms with Gasteiger partial charge in [-0.1, -0.05) is 0 Å². The molecule has 84 valence electrons. The smallest absolute Gasteiger partial charge is 0.316 e. The molecule has 0 saturated heterocycles. The zero-order valence-corrected chi connectivity index (χ0v) is 9.65. The van der Waals surface area contributed by atoms with Crippen molar-refractivity contribution in [2.45, 2.75) is 40.2 Å². The fourth-order valence-corrected chi connectivity index (χ4v) is 1.48. The van der Waals surface area contributed by atoms with E-state index in [1.807, 2.05) is 18.4 Å². The highest BCUT2D eigenvalue weighted by molar-refractivity contribution is 5.76. The van der Waals surface area contributed by atoms with Crippen LogP contribution >= 0.6 is 0 Å². The summed E-state index contributed by atoms with van der Waals surface area (Å²) in [6.45, 7) is 8.60. The molecule has 0 aliphatic heterocycles. The lowest BCUT2D eigenvalue weighted by molar-refractivity contribution is -0.144. The van der Waals surface area contributed by atoms with Crippen LogP contribution in [0.5, 0.6) is 0 Å². The van der Waals surface area contributed by atoms with Crippen molar-refractivity contribution in [2.24, 2.45) is 0 Å². The molecule has 1 aromatic rings. The van der Waals surface area contributed by atoms with Gasteiger partial charge in [0.25, 0.3) is 0 Å². The van der Waals surface area contributed by atoms with Gasteiger partial charge < -0.3 is 9.30 Å². The van der Waals surface area contributed by atoms with Crippen molar-refractivity contribution in [3.05, 3.63) is 11.6 Å². The molecule has 0 N–H and O–H groups in total. The molecule has 0 saturated carbocycles. The largest absolute Gasteiger partial charge is 0.465 e. The highest BCUT2D eigenvalue weighted by atomic mass is 16.5. The molecular weight excluding hydrogens is 194 g/mol. The SMILES string of the molecule is CCOC(=O)C(C)c1nnc(C)n1CC. The molecule has 0 aliphatic carbocycles. The summed E-state index contributed by atoms with van der Waals surface area (Å²) in [4.78, 5) is 11.5. The molecular formula is C10H17N3O2. The minimum absolute atomic E-state index is 0.250. The summed E-state index contributed by atoms with van der Waals surface area (Å²) in [5, 5.41) is 7.96. The normalized spacial score (nSPS) is 12.5. The van der Waals surface area contributed by atoms with Crippen molar-refractivity contribution in [2.75, 3.05) is 6.61 Å². The maximum Gasteiger partial charge on any atom is 0.316 e. The van der Waals surface area contributed by atoms with E-state index in [2.05, 4.69) is 10.2 Å². The Bertz CT molecular complexity index is 346. The van der Waals surface area contributed by atoms with Gasteiger partial charge in [-0.25, -0.2) is 0 Å². The van der Waals surface area contributed by atoms with Gasteiger partial charge in [-0.15, -0.1) is 10.2 Å². The summed E-state index contributed by atoms with van der Waals surface area (Å²) in [5.41, 5.74) is 0. The van der Waals surface area contributed by atoms with E-state index in [9.17, 15) is 4.79 Å². The lowest BCUT2D eigenvalue weighted by Crippen LogP contribution is -2.17. The second-order valence-corrected chi connectivity index (χ2v) is 3.32. The van der Waals surface area contributed by atoms with Crippen molar-refractivity contribution < 1.29 is 9.53 Å². The fraction of sp³-hybridized carbons (Fsp3) is 0.700. The summed E-state index contributed by atoms with van der Waals surface area (Å²) < 4.78 is 6.87. The van der Waals surface area contributed by atoms with Gasteiger partial charge in [0.15, 0.2) is 0 Å². The van der Waals surface area contributed by atoms with Crippen LogP contribution in [0.25, 0.3) is 0 Å². The van der Waals surface area contributed by atoms with E-state index in [1.54, 1.807) is 13.8 Å². The Kier molecular flexibility index (Phi) is 3.82. The number of nitrogens with zero attached hydrogens (tertiary/aromatic N) is 3. The molecule has 0 fully saturated rings. The molecule has 1 unspecified atom stereocenters. The Morgan fingerprint density at radius 1 is 1.47 bits per heavy atom. The monoisotopic (exact) mass is 211 g/mol. The van der Waals surface area contributed by atoms with Crippen LogP contribution in [0, 0.1) is 6.92 Å². The van der Waals surface area contributed by atoms with Crippen LogP contribution in [0.4, 0.5) is 0 Å². The van der Waals surface area contributed by atoms with Crippen LogP contribution in [-0.4, -0.2) is 27.3 Å². The van der Waals surface area contributed by atoms with Crippen LogP contribution in [0.3, 0.4) is 0 Å². The van der Waals surface area contributed by atoms with E-state index in [0.717, 1.165) is 12.4 Å². The number of rotatable bonds is 4. The number of hydrogen-bond donors (Lipinski definition) is 0. The van der Waals surface area contributed by atoms with E-state index >= 15 is 0 Å². The van der Waals surface area contributed by atoms with Crippen LogP contribution in [0.2, 0.25) is 0 Å². The Hall–Kier alpha value is -1.39. The van der Waals surface area contributed by atoms with Gasteiger partial charge in [-0.2, -0.15) is 0 Å². The standard InChI is InChI=1S/C10H17N3O2/c1-5-13-8(4)11-12-9(13)7(3)10(14)15-6-2/h7H,5-6H2,1-4H3. The average molecular weight is 211 g/mol. The minimum Gasteiger partial charge on any atom is -0.465 e. The van der Waals surface area contributed by atoms with Crippen LogP contribution < -0.4 is 0 Å². The predicted octanol–water partition coefficient (Wildman–Crippen LogP) is 1.27. The molecule has 5 nitrogen and oxygen atoms in total. The van der Waals surface area contributed by atoms with Gasteiger partial charge in [0.1, 0.15) is 17.6 Å². The quantitative estimate of drug-likeness (QED) is 0.704. The van der Waals surface area contributed by atoms with E-state index in [1.165, 1.54) is 0 Å². The number of aryl methyl sites for hydroxylation is 1. The Balaban J connectivity index is 2.90. The van der Waals surface area contributed by atoms with Crippen molar-refractivity contribution in [1.29, 1.82) is 0 Å². The molecule has 0 aromatic carbocycles. The second-order valence-electron chi connectivity index (χ2n) is 3.32. The number of carbonyl (C=O) groups excluding carboxylic acids is 1. The van der Waals surface area contributed by atoms with Gasteiger partial charge >= 0.3 is 5.97 Å².